The van der Waals surface area contributed by atoms with Gasteiger partial charge in [-0.1, -0.05) is 0 Å². The Bertz CT molecular complexity index is 459. The summed E-state index contributed by atoms with van der Waals surface area (Å²) in [6.45, 7) is 0.898. The molecule has 0 spiro atoms. The van der Waals surface area contributed by atoms with Crippen LogP contribution in [0.25, 0.3) is 0 Å². The summed E-state index contributed by atoms with van der Waals surface area (Å²) in [5, 5.41) is 8.85. The number of nitrogens with zero attached hydrogens (tertiary/aromatic N) is 5. The van der Waals surface area contributed by atoms with E-state index in [9.17, 15) is 0 Å². The number of aromatic nitrogens is 2. The van der Waals surface area contributed by atoms with E-state index >= 15 is 0 Å². The Kier molecular flexibility index (Phi) is 3.48. The molecule has 0 atom stereocenters. The van der Waals surface area contributed by atoms with Crippen LogP contribution in [0, 0.1) is 11.3 Å². The van der Waals surface area contributed by atoms with Crippen LogP contribution in [0.3, 0.4) is 0 Å². The fraction of sp³-hybridized carbons (Fsp3) is 0.615. The van der Waals surface area contributed by atoms with E-state index in [2.05, 4.69) is 29.0 Å². The number of nitriles is 1. The van der Waals surface area contributed by atoms with Crippen molar-refractivity contribution in [3.05, 3.63) is 18.0 Å². The van der Waals surface area contributed by atoms with Crippen LogP contribution in [0.4, 0.5) is 5.95 Å². The molecule has 0 unspecified atom stereocenters. The Hall–Kier alpha value is -1.67. The lowest BCUT2D eigenvalue weighted by molar-refractivity contribution is 0.0680. The molecule has 0 saturated heterocycles. The fourth-order valence-electron chi connectivity index (χ4n) is 2.44. The van der Waals surface area contributed by atoms with E-state index in [-0.39, 0.29) is 5.54 Å². The van der Waals surface area contributed by atoms with Crippen LogP contribution in [-0.2, 0) is 0 Å². The van der Waals surface area contributed by atoms with Gasteiger partial charge in [0.15, 0.2) is 0 Å². The summed E-state index contributed by atoms with van der Waals surface area (Å²) < 4.78 is 0. The summed E-state index contributed by atoms with van der Waals surface area (Å²) in [5.41, 5.74) is 0.653. The zero-order valence-corrected chi connectivity index (χ0v) is 11.2. The molecule has 18 heavy (non-hydrogen) atoms. The lowest BCUT2D eigenvalue weighted by atomic mass is 9.75. The Labute approximate surface area is 108 Å². The standard InChI is InChI=1S/C13H19N5/c1-17(2)13(6-4-7-13)10-18(3)12-15-8-5-11(9-14)16-12/h5,8H,4,6-7,10H2,1-3H3. The molecule has 0 N–H and O–H groups in total. The Balaban J connectivity index is 2.12. The van der Waals surface area contributed by atoms with Gasteiger partial charge in [-0.25, -0.2) is 9.97 Å². The van der Waals surface area contributed by atoms with E-state index in [4.69, 9.17) is 5.26 Å². The lowest BCUT2D eigenvalue weighted by Crippen LogP contribution is -2.57. The zero-order chi connectivity index (χ0) is 13.2. The van der Waals surface area contributed by atoms with Crippen molar-refractivity contribution >= 4 is 5.95 Å². The van der Waals surface area contributed by atoms with Crippen LogP contribution in [0.5, 0.6) is 0 Å². The highest BCUT2D eigenvalue weighted by molar-refractivity contribution is 5.33. The minimum absolute atomic E-state index is 0.237. The quantitative estimate of drug-likeness (QED) is 0.799. The molecule has 1 aliphatic rings. The Morgan fingerprint density at radius 3 is 2.61 bits per heavy atom. The second-order valence-electron chi connectivity index (χ2n) is 5.18. The van der Waals surface area contributed by atoms with Gasteiger partial charge in [-0.15, -0.1) is 0 Å². The summed E-state index contributed by atoms with van der Waals surface area (Å²) in [7, 11) is 6.24. The van der Waals surface area contributed by atoms with E-state index in [0.717, 1.165) is 6.54 Å². The highest BCUT2D eigenvalue weighted by Crippen LogP contribution is 2.37. The van der Waals surface area contributed by atoms with Gasteiger partial charge in [0.05, 0.1) is 0 Å². The van der Waals surface area contributed by atoms with Gasteiger partial charge in [-0.05, 0) is 39.4 Å². The van der Waals surface area contributed by atoms with Crippen molar-refractivity contribution < 1.29 is 0 Å². The first-order valence-electron chi connectivity index (χ1n) is 6.19. The van der Waals surface area contributed by atoms with Gasteiger partial charge in [0, 0.05) is 25.3 Å². The van der Waals surface area contributed by atoms with Crippen LogP contribution in [-0.4, -0.2) is 48.1 Å². The topological polar surface area (TPSA) is 56.0 Å². The molecular formula is C13H19N5. The Morgan fingerprint density at radius 2 is 2.11 bits per heavy atom. The van der Waals surface area contributed by atoms with Crippen LogP contribution in [0.2, 0.25) is 0 Å². The second kappa shape index (κ2) is 4.91. The maximum absolute atomic E-state index is 8.85. The van der Waals surface area contributed by atoms with Crippen LogP contribution in [0.15, 0.2) is 12.3 Å². The molecule has 0 aliphatic heterocycles. The van der Waals surface area contributed by atoms with Gasteiger partial charge in [0.2, 0.25) is 5.95 Å². The molecule has 0 bridgehead atoms. The van der Waals surface area contributed by atoms with Crippen molar-refractivity contribution in [3.63, 3.8) is 0 Å². The van der Waals surface area contributed by atoms with Gasteiger partial charge >= 0.3 is 0 Å². The average molecular weight is 245 g/mol. The van der Waals surface area contributed by atoms with Crippen molar-refractivity contribution in [3.8, 4) is 6.07 Å². The first-order valence-corrected chi connectivity index (χ1v) is 6.19. The number of rotatable bonds is 4. The fourth-order valence-corrected chi connectivity index (χ4v) is 2.44. The van der Waals surface area contributed by atoms with Crippen LogP contribution in [0.1, 0.15) is 25.0 Å². The van der Waals surface area contributed by atoms with Gasteiger partial charge in [0.1, 0.15) is 11.8 Å². The summed E-state index contributed by atoms with van der Waals surface area (Å²) in [6.07, 6.45) is 5.34. The number of anilines is 1. The summed E-state index contributed by atoms with van der Waals surface area (Å²) in [6, 6.07) is 3.67. The normalized spacial score (nSPS) is 17.1. The highest BCUT2D eigenvalue weighted by Gasteiger charge is 2.40. The maximum Gasteiger partial charge on any atom is 0.226 e. The van der Waals surface area contributed by atoms with E-state index < -0.39 is 0 Å². The smallest absolute Gasteiger partial charge is 0.226 e. The molecular weight excluding hydrogens is 226 g/mol. The second-order valence-corrected chi connectivity index (χ2v) is 5.18. The molecule has 5 nitrogen and oxygen atoms in total. The van der Waals surface area contributed by atoms with Gasteiger partial charge in [-0.2, -0.15) is 5.26 Å². The maximum atomic E-state index is 8.85. The van der Waals surface area contributed by atoms with Crippen molar-refractivity contribution in [1.82, 2.24) is 14.9 Å². The molecule has 2 rings (SSSR count). The Morgan fingerprint density at radius 1 is 1.39 bits per heavy atom. The highest BCUT2D eigenvalue weighted by atomic mass is 15.3. The first-order chi connectivity index (χ1) is 8.57. The predicted octanol–water partition coefficient (Wildman–Crippen LogP) is 1.27. The van der Waals surface area contributed by atoms with Crippen molar-refractivity contribution in [2.24, 2.45) is 0 Å². The minimum Gasteiger partial charge on any atom is -0.342 e. The molecule has 1 heterocycles. The summed E-state index contributed by atoms with van der Waals surface area (Å²) >= 11 is 0. The molecule has 96 valence electrons. The third-order valence-electron chi connectivity index (χ3n) is 3.86. The average Bonchev–Trinajstić information content (AvgIpc) is 2.33. The third kappa shape index (κ3) is 2.29. The van der Waals surface area contributed by atoms with Gasteiger partial charge < -0.3 is 9.80 Å². The molecule has 0 aromatic carbocycles. The molecule has 1 aromatic rings. The number of likely N-dealkylation sites (N-methyl/N-ethyl adjacent to an activating group) is 2. The van der Waals surface area contributed by atoms with Crippen molar-refractivity contribution in [1.29, 1.82) is 5.26 Å². The summed E-state index contributed by atoms with van der Waals surface area (Å²) in [5.74, 6) is 0.627. The molecule has 0 amide bonds. The predicted molar refractivity (Wildman–Crippen MR) is 70.3 cm³/mol. The van der Waals surface area contributed by atoms with E-state index in [1.54, 1.807) is 12.3 Å². The van der Waals surface area contributed by atoms with Crippen LogP contribution < -0.4 is 4.90 Å². The number of hydrogen-bond donors (Lipinski definition) is 0. The first kappa shape index (κ1) is 12.8. The van der Waals surface area contributed by atoms with E-state index in [1.165, 1.54) is 19.3 Å². The van der Waals surface area contributed by atoms with Gasteiger partial charge in [-0.3, -0.25) is 0 Å². The van der Waals surface area contributed by atoms with Crippen molar-refractivity contribution in [2.75, 3.05) is 32.6 Å². The molecule has 0 radical (unpaired) electrons. The largest absolute Gasteiger partial charge is 0.342 e. The third-order valence-corrected chi connectivity index (χ3v) is 3.86. The molecule has 1 fully saturated rings. The van der Waals surface area contributed by atoms with Crippen molar-refractivity contribution in [2.45, 2.75) is 24.8 Å². The molecule has 5 heteroatoms. The summed E-state index contributed by atoms with van der Waals surface area (Å²) in [4.78, 5) is 12.8. The SMILES string of the molecule is CN(CC1(N(C)C)CCC1)c1nccc(C#N)n1. The zero-order valence-electron chi connectivity index (χ0n) is 11.2. The molecule has 1 saturated carbocycles. The molecule has 1 aromatic heterocycles. The minimum atomic E-state index is 0.237. The lowest BCUT2D eigenvalue weighted by Gasteiger charge is -2.49. The monoisotopic (exact) mass is 245 g/mol. The number of hydrogen-bond acceptors (Lipinski definition) is 5. The van der Waals surface area contributed by atoms with Crippen LogP contribution >= 0.6 is 0 Å². The van der Waals surface area contributed by atoms with E-state index in [1.807, 2.05) is 18.0 Å². The van der Waals surface area contributed by atoms with E-state index in [0.29, 0.717) is 11.6 Å². The molecule has 1 aliphatic carbocycles. The van der Waals surface area contributed by atoms with Gasteiger partial charge in [0.25, 0.3) is 0 Å².